The quantitative estimate of drug-likeness (QED) is 0.598. The van der Waals surface area contributed by atoms with Crippen molar-refractivity contribution in [1.82, 2.24) is 19.6 Å². The molecule has 6 heteroatoms. The smallest absolute Gasteiger partial charge is 0.229 e. The molecule has 0 aliphatic heterocycles. The van der Waals surface area contributed by atoms with Crippen LogP contribution in [0.15, 0.2) is 54.7 Å². The Bertz CT molecular complexity index is 1050. The van der Waals surface area contributed by atoms with Crippen molar-refractivity contribution in [2.24, 2.45) is 0 Å². The number of benzene rings is 1. The molecule has 0 saturated carbocycles. The monoisotopic (exact) mass is 330 g/mol. The van der Waals surface area contributed by atoms with Gasteiger partial charge in [0.05, 0.1) is 16.9 Å². The van der Waals surface area contributed by atoms with Gasteiger partial charge in [0.25, 0.3) is 0 Å². The second-order valence-electron chi connectivity index (χ2n) is 5.98. The first-order valence-corrected chi connectivity index (χ1v) is 8.03. The Kier molecular flexibility index (Phi) is 3.57. The number of fused-ring (bicyclic) bond motifs is 1. The number of anilines is 3. The molecule has 0 aliphatic rings. The molecule has 0 atom stereocenters. The van der Waals surface area contributed by atoms with E-state index >= 15 is 0 Å². The molecular weight excluding hydrogens is 312 g/mol. The third-order valence-corrected chi connectivity index (χ3v) is 4.02. The van der Waals surface area contributed by atoms with E-state index < -0.39 is 0 Å². The Morgan fingerprint density at radius 1 is 1.00 bits per heavy atom. The van der Waals surface area contributed by atoms with Crippen molar-refractivity contribution in [1.29, 1.82) is 0 Å². The molecule has 25 heavy (non-hydrogen) atoms. The molecule has 0 aliphatic carbocycles. The number of aromatic nitrogens is 4. The summed E-state index contributed by atoms with van der Waals surface area (Å²) in [4.78, 5) is 8.95. The number of nitrogens with zero attached hydrogens (tertiary/aromatic N) is 4. The van der Waals surface area contributed by atoms with Crippen LogP contribution in [0.25, 0.3) is 16.8 Å². The molecule has 0 unspecified atom stereocenters. The Hall–Kier alpha value is -3.41. The molecule has 0 spiro atoms. The van der Waals surface area contributed by atoms with Crippen LogP contribution < -0.4 is 11.1 Å². The van der Waals surface area contributed by atoms with E-state index in [1.807, 2.05) is 67.0 Å². The van der Waals surface area contributed by atoms with Crippen LogP contribution in [0.3, 0.4) is 0 Å². The number of nitrogen functional groups attached to an aromatic ring is 1. The molecule has 3 N–H and O–H groups in total. The van der Waals surface area contributed by atoms with Gasteiger partial charge in [-0.1, -0.05) is 23.8 Å². The summed E-state index contributed by atoms with van der Waals surface area (Å²) in [6.07, 6.45) is 1.92. The van der Waals surface area contributed by atoms with Gasteiger partial charge in [0, 0.05) is 23.5 Å². The number of pyridine rings is 1. The fourth-order valence-electron chi connectivity index (χ4n) is 2.85. The number of hydrogen-bond acceptors (Lipinski definition) is 5. The maximum atomic E-state index is 6.02. The molecule has 0 amide bonds. The zero-order chi connectivity index (χ0) is 17.4. The van der Waals surface area contributed by atoms with Gasteiger partial charge in [0.1, 0.15) is 5.82 Å². The Morgan fingerprint density at radius 2 is 1.80 bits per heavy atom. The summed E-state index contributed by atoms with van der Waals surface area (Å²) in [5.74, 6) is 0.878. The zero-order valence-electron chi connectivity index (χ0n) is 14.1. The molecule has 1 aromatic carbocycles. The minimum absolute atomic E-state index is 0.411. The first-order chi connectivity index (χ1) is 12.1. The Morgan fingerprint density at radius 3 is 2.60 bits per heavy atom. The lowest BCUT2D eigenvalue weighted by atomic mass is 10.1. The molecule has 6 nitrogen and oxygen atoms in total. The molecular formula is C19H18N6. The van der Waals surface area contributed by atoms with Crippen molar-refractivity contribution in [2.45, 2.75) is 13.8 Å². The van der Waals surface area contributed by atoms with Gasteiger partial charge >= 0.3 is 0 Å². The van der Waals surface area contributed by atoms with Crippen molar-refractivity contribution in [3.05, 3.63) is 66.0 Å². The normalized spacial score (nSPS) is 11.0. The first kappa shape index (κ1) is 15.1. The van der Waals surface area contributed by atoms with Crippen LogP contribution in [0, 0.1) is 13.8 Å². The molecule has 4 aromatic rings. The van der Waals surface area contributed by atoms with Gasteiger partial charge in [-0.15, -0.1) is 0 Å². The molecule has 0 bridgehead atoms. The van der Waals surface area contributed by atoms with Crippen molar-refractivity contribution < 1.29 is 0 Å². The number of nitrogens with one attached hydrogen (secondary N) is 1. The predicted molar refractivity (Wildman–Crippen MR) is 99.8 cm³/mol. The molecule has 0 radical (unpaired) electrons. The Balaban J connectivity index is 1.79. The third kappa shape index (κ3) is 2.89. The van der Waals surface area contributed by atoms with Crippen LogP contribution in [0.2, 0.25) is 0 Å². The van der Waals surface area contributed by atoms with E-state index in [9.17, 15) is 0 Å². The first-order valence-electron chi connectivity index (χ1n) is 8.03. The molecule has 124 valence electrons. The second-order valence-corrected chi connectivity index (χ2v) is 5.98. The minimum Gasteiger partial charge on any atom is -0.384 e. The van der Waals surface area contributed by atoms with Gasteiger partial charge in [0.2, 0.25) is 5.95 Å². The van der Waals surface area contributed by atoms with E-state index in [1.54, 1.807) is 6.07 Å². The summed E-state index contributed by atoms with van der Waals surface area (Å²) < 4.78 is 1.84. The fourth-order valence-corrected chi connectivity index (χ4v) is 2.85. The van der Waals surface area contributed by atoms with Gasteiger partial charge in [-0.3, -0.25) is 0 Å². The zero-order valence-corrected chi connectivity index (χ0v) is 14.1. The second kappa shape index (κ2) is 5.90. The topological polar surface area (TPSA) is 81.1 Å². The van der Waals surface area contributed by atoms with E-state index in [1.165, 1.54) is 5.56 Å². The van der Waals surface area contributed by atoms with Gasteiger partial charge in [-0.25, -0.2) is 9.50 Å². The van der Waals surface area contributed by atoms with E-state index in [0.717, 1.165) is 28.2 Å². The van der Waals surface area contributed by atoms with Crippen LogP contribution in [-0.2, 0) is 0 Å². The van der Waals surface area contributed by atoms with Crippen LogP contribution in [0.4, 0.5) is 17.5 Å². The highest BCUT2D eigenvalue weighted by Crippen LogP contribution is 2.28. The number of nitrogens with two attached hydrogens (primary N) is 1. The van der Waals surface area contributed by atoms with Crippen molar-refractivity contribution in [3.8, 4) is 11.3 Å². The number of rotatable bonds is 3. The van der Waals surface area contributed by atoms with Crippen molar-refractivity contribution in [3.63, 3.8) is 0 Å². The number of aryl methyl sites for hydroxylation is 2. The van der Waals surface area contributed by atoms with Gasteiger partial charge in [-0.2, -0.15) is 10.1 Å². The summed E-state index contributed by atoms with van der Waals surface area (Å²) in [5.41, 5.74) is 11.7. The molecule has 0 saturated heterocycles. The highest BCUT2D eigenvalue weighted by atomic mass is 15.2. The molecule has 3 heterocycles. The summed E-state index contributed by atoms with van der Waals surface area (Å²) in [5, 5.41) is 7.75. The highest BCUT2D eigenvalue weighted by molar-refractivity contribution is 5.81. The largest absolute Gasteiger partial charge is 0.384 e. The van der Waals surface area contributed by atoms with Gasteiger partial charge < -0.3 is 11.1 Å². The summed E-state index contributed by atoms with van der Waals surface area (Å²) in [6.45, 7) is 4.01. The third-order valence-electron chi connectivity index (χ3n) is 4.02. The average molecular weight is 330 g/mol. The minimum atomic E-state index is 0.411. The standard InChI is InChI=1S/C19H18N6/c1-12-6-8-14(9-7-12)21-19-22-15(11-17(20)23-19)18-13(2)24-25-10-4-3-5-16(18)25/h3-11H,1-2H3,(H3,20,21,22,23). The van der Waals surface area contributed by atoms with Gasteiger partial charge in [-0.05, 0) is 38.1 Å². The van der Waals surface area contributed by atoms with E-state index in [-0.39, 0.29) is 0 Å². The lowest BCUT2D eigenvalue weighted by Gasteiger charge is -2.08. The molecule has 3 aromatic heterocycles. The average Bonchev–Trinajstić information content (AvgIpc) is 2.92. The number of hydrogen-bond donors (Lipinski definition) is 2. The SMILES string of the molecule is Cc1ccc(Nc2nc(N)cc(-c3c(C)nn4ccccc34)n2)cc1. The lowest BCUT2D eigenvalue weighted by molar-refractivity contribution is 0.934. The Labute approximate surface area is 145 Å². The van der Waals surface area contributed by atoms with Gasteiger partial charge in [0.15, 0.2) is 0 Å². The summed E-state index contributed by atoms with van der Waals surface area (Å²) in [6, 6.07) is 15.8. The predicted octanol–water partition coefficient (Wildman–Crippen LogP) is 3.73. The maximum Gasteiger partial charge on any atom is 0.229 e. The van der Waals surface area contributed by atoms with E-state index in [2.05, 4.69) is 20.4 Å². The maximum absolute atomic E-state index is 6.02. The highest BCUT2D eigenvalue weighted by Gasteiger charge is 2.14. The van der Waals surface area contributed by atoms with E-state index in [0.29, 0.717) is 11.8 Å². The van der Waals surface area contributed by atoms with Crippen LogP contribution in [0.1, 0.15) is 11.3 Å². The molecule has 0 fully saturated rings. The summed E-state index contributed by atoms with van der Waals surface area (Å²) >= 11 is 0. The molecule has 4 rings (SSSR count). The van der Waals surface area contributed by atoms with Crippen LogP contribution >= 0.6 is 0 Å². The van der Waals surface area contributed by atoms with Crippen LogP contribution in [0.5, 0.6) is 0 Å². The summed E-state index contributed by atoms with van der Waals surface area (Å²) in [7, 11) is 0. The van der Waals surface area contributed by atoms with Crippen molar-refractivity contribution in [2.75, 3.05) is 11.1 Å². The van der Waals surface area contributed by atoms with Crippen LogP contribution in [-0.4, -0.2) is 19.6 Å². The fraction of sp³-hybridized carbons (Fsp3) is 0.105. The van der Waals surface area contributed by atoms with Crippen molar-refractivity contribution >= 4 is 23.0 Å². The van der Waals surface area contributed by atoms with E-state index in [4.69, 9.17) is 5.73 Å². The lowest BCUT2D eigenvalue weighted by Crippen LogP contribution is -2.02.